The topological polar surface area (TPSA) is 56.2 Å². The number of hydrogen-bond acceptors (Lipinski definition) is 2. The van der Waals surface area contributed by atoms with Crippen LogP contribution in [0.15, 0.2) is 23.5 Å². The summed E-state index contributed by atoms with van der Waals surface area (Å²) in [5.74, 6) is 1.43. The van der Waals surface area contributed by atoms with Crippen LogP contribution in [0.2, 0.25) is 0 Å². The Kier molecular flexibility index (Phi) is 3.97. The molecule has 0 saturated heterocycles. The molecule has 0 spiro atoms. The molecule has 88 valence electrons. The molecule has 1 saturated carbocycles. The van der Waals surface area contributed by atoms with Gasteiger partial charge in [0.15, 0.2) is 0 Å². The number of aliphatic imine (C=N–C) groups is 1. The predicted molar refractivity (Wildman–Crippen MR) is 65.3 cm³/mol. The summed E-state index contributed by atoms with van der Waals surface area (Å²) >= 11 is 0. The summed E-state index contributed by atoms with van der Waals surface area (Å²) in [6, 6.07) is 1.94. The zero-order valence-electron chi connectivity index (χ0n) is 9.68. The van der Waals surface area contributed by atoms with Crippen molar-refractivity contribution in [2.45, 2.75) is 38.6 Å². The van der Waals surface area contributed by atoms with Crippen LogP contribution in [0.25, 0.3) is 0 Å². The van der Waals surface area contributed by atoms with Crippen molar-refractivity contribution < 1.29 is 0 Å². The Bertz CT molecular complexity index is 323. The highest BCUT2D eigenvalue weighted by Gasteiger charge is 2.17. The molecule has 1 aliphatic rings. The van der Waals surface area contributed by atoms with Gasteiger partial charge in [0.05, 0.1) is 5.84 Å². The van der Waals surface area contributed by atoms with E-state index in [4.69, 9.17) is 5.73 Å². The van der Waals surface area contributed by atoms with Crippen LogP contribution in [0.5, 0.6) is 0 Å². The highest BCUT2D eigenvalue weighted by molar-refractivity contribution is 5.83. The molecule has 16 heavy (non-hydrogen) atoms. The number of amidine groups is 1. The maximum absolute atomic E-state index is 5.97. The van der Waals surface area contributed by atoms with E-state index in [1.54, 1.807) is 6.20 Å². The van der Waals surface area contributed by atoms with Gasteiger partial charge in [-0.25, -0.2) is 0 Å². The van der Waals surface area contributed by atoms with Crippen LogP contribution in [0.3, 0.4) is 0 Å². The molecular weight excluding hydrogens is 200 g/mol. The van der Waals surface area contributed by atoms with Gasteiger partial charge in [0.2, 0.25) is 0 Å². The normalized spacial score (nSPS) is 18.1. The van der Waals surface area contributed by atoms with E-state index in [-0.39, 0.29) is 0 Å². The van der Waals surface area contributed by atoms with Crippen LogP contribution >= 0.6 is 0 Å². The Labute approximate surface area is 96.6 Å². The van der Waals surface area contributed by atoms with E-state index in [1.165, 1.54) is 25.7 Å². The molecule has 0 aliphatic heterocycles. The van der Waals surface area contributed by atoms with Crippen LogP contribution in [0.1, 0.15) is 32.1 Å². The summed E-state index contributed by atoms with van der Waals surface area (Å²) in [7, 11) is 0. The van der Waals surface area contributed by atoms with Crippen molar-refractivity contribution in [3.8, 4) is 0 Å². The molecule has 2 rings (SSSR count). The summed E-state index contributed by atoms with van der Waals surface area (Å²) in [4.78, 5) is 4.46. The molecule has 0 aromatic carbocycles. The first-order valence-electron chi connectivity index (χ1n) is 6.13. The molecule has 0 amide bonds. The van der Waals surface area contributed by atoms with Gasteiger partial charge in [-0.05, 0) is 25.3 Å². The highest BCUT2D eigenvalue weighted by Crippen LogP contribution is 2.24. The average molecular weight is 220 g/mol. The first kappa shape index (κ1) is 11.2. The van der Waals surface area contributed by atoms with Crippen molar-refractivity contribution in [2.75, 3.05) is 6.54 Å². The average Bonchev–Trinajstić information content (AvgIpc) is 2.96. The van der Waals surface area contributed by atoms with Crippen molar-refractivity contribution in [1.29, 1.82) is 0 Å². The summed E-state index contributed by atoms with van der Waals surface area (Å²) in [6.45, 7) is 1.75. The van der Waals surface area contributed by atoms with Gasteiger partial charge in [-0.1, -0.05) is 12.8 Å². The molecule has 4 heteroatoms. The minimum atomic E-state index is 0.560. The standard InChI is InChI=1S/C12H20N4/c13-12(11-5-1-2-6-11)14-7-3-9-16-10-4-8-15-16/h4,8,10-11H,1-3,5-7,9H2,(H2,13,14). The lowest BCUT2D eigenvalue weighted by Gasteiger charge is -2.07. The van der Waals surface area contributed by atoms with Crippen molar-refractivity contribution >= 4 is 5.84 Å². The Morgan fingerprint density at radius 2 is 2.25 bits per heavy atom. The van der Waals surface area contributed by atoms with E-state index in [0.29, 0.717) is 5.92 Å². The van der Waals surface area contributed by atoms with Gasteiger partial charge in [0.1, 0.15) is 0 Å². The molecule has 2 N–H and O–H groups in total. The zero-order valence-corrected chi connectivity index (χ0v) is 9.68. The zero-order chi connectivity index (χ0) is 11.2. The first-order valence-corrected chi connectivity index (χ1v) is 6.13. The third-order valence-electron chi connectivity index (χ3n) is 3.17. The van der Waals surface area contributed by atoms with E-state index in [2.05, 4.69) is 10.1 Å². The van der Waals surface area contributed by atoms with E-state index in [1.807, 2.05) is 16.9 Å². The fraction of sp³-hybridized carbons (Fsp3) is 0.667. The molecule has 1 aliphatic carbocycles. The van der Waals surface area contributed by atoms with Gasteiger partial charge in [0, 0.05) is 31.4 Å². The molecule has 1 fully saturated rings. The first-order chi connectivity index (χ1) is 7.86. The lowest BCUT2D eigenvalue weighted by atomic mass is 10.1. The number of rotatable bonds is 5. The van der Waals surface area contributed by atoms with E-state index >= 15 is 0 Å². The number of aromatic nitrogens is 2. The summed E-state index contributed by atoms with van der Waals surface area (Å²) in [6.07, 6.45) is 9.88. The second-order valence-electron chi connectivity index (χ2n) is 4.41. The number of aryl methyl sites for hydroxylation is 1. The van der Waals surface area contributed by atoms with Gasteiger partial charge in [-0.15, -0.1) is 0 Å². The minimum Gasteiger partial charge on any atom is -0.387 e. The number of nitrogens with zero attached hydrogens (tertiary/aromatic N) is 3. The molecular formula is C12H20N4. The Hall–Kier alpha value is -1.32. The molecule has 0 bridgehead atoms. The van der Waals surface area contributed by atoms with E-state index in [0.717, 1.165) is 25.3 Å². The maximum Gasteiger partial charge on any atom is 0.0968 e. The summed E-state index contributed by atoms with van der Waals surface area (Å²) in [5, 5.41) is 4.15. The maximum atomic E-state index is 5.97. The van der Waals surface area contributed by atoms with Crippen LogP contribution in [0.4, 0.5) is 0 Å². The van der Waals surface area contributed by atoms with E-state index in [9.17, 15) is 0 Å². The van der Waals surface area contributed by atoms with Crippen molar-refractivity contribution in [1.82, 2.24) is 9.78 Å². The van der Waals surface area contributed by atoms with Crippen LogP contribution in [-0.2, 0) is 6.54 Å². The molecule has 1 aromatic rings. The Balaban J connectivity index is 1.68. The molecule has 0 radical (unpaired) electrons. The fourth-order valence-corrected chi connectivity index (χ4v) is 2.22. The lowest BCUT2D eigenvalue weighted by molar-refractivity contribution is 0.583. The van der Waals surface area contributed by atoms with Crippen molar-refractivity contribution in [2.24, 2.45) is 16.6 Å². The molecule has 1 aromatic heterocycles. The van der Waals surface area contributed by atoms with Crippen LogP contribution in [-0.4, -0.2) is 22.2 Å². The fourth-order valence-electron chi connectivity index (χ4n) is 2.22. The molecule has 4 nitrogen and oxygen atoms in total. The van der Waals surface area contributed by atoms with Crippen LogP contribution < -0.4 is 5.73 Å². The van der Waals surface area contributed by atoms with Crippen molar-refractivity contribution in [3.05, 3.63) is 18.5 Å². The van der Waals surface area contributed by atoms with E-state index < -0.39 is 0 Å². The van der Waals surface area contributed by atoms with Gasteiger partial charge in [-0.3, -0.25) is 9.67 Å². The van der Waals surface area contributed by atoms with Gasteiger partial charge in [0.25, 0.3) is 0 Å². The third-order valence-corrected chi connectivity index (χ3v) is 3.17. The summed E-state index contributed by atoms with van der Waals surface area (Å²) in [5.41, 5.74) is 5.97. The quantitative estimate of drug-likeness (QED) is 0.467. The van der Waals surface area contributed by atoms with Crippen LogP contribution in [0, 0.1) is 5.92 Å². The summed E-state index contributed by atoms with van der Waals surface area (Å²) < 4.78 is 1.93. The Morgan fingerprint density at radius 1 is 1.44 bits per heavy atom. The lowest BCUT2D eigenvalue weighted by Crippen LogP contribution is -2.21. The second-order valence-corrected chi connectivity index (χ2v) is 4.41. The number of hydrogen-bond donors (Lipinski definition) is 1. The minimum absolute atomic E-state index is 0.560. The smallest absolute Gasteiger partial charge is 0.0968 e. The SMILES string of the molecule is NC(=NCCCn1cccn1)C1CCCC1. The van der Waals surface area contributed by atoms with Gasteiger partial charge < -0.3 is 5.73 Å². The molecule has 1 heterocycles. The predicted octanol–water partition coefficient (Wildman–Crippen LogP) is 1.82. The molecule has 0 unspecified atom stereocenters. The highest BCUT2D eigenvalue weighted by atomic mass is 15.3. The van der Waals surface area contributed by atoms with Gasteiger partial charge >= 0.3 is 0 Å². The second kappa shape index (κ2) is 5.68. The number of nitrogens with two attached hydrogens (primary N) is 1. The molecule has 0 atom stereocenters. The Morgan fingerprint density at radius 3 is 2.94 bits per heavy atom. The third kappa shape index (κ3) is 3.08. The van der Waals surface area contributed by atoms with Crippen molar-refractivity contribution in [3.63, 3.8) is 0 Å². The monoisotopic (exact) mass is 220 g/mol. The van der Waals surface area contributed by atoms with Gasteiger partial charge in [-0.2, -0.15) is 5.10 Å². The largest absolute Gasteiger partial charge is 0.387 e.